The number of nitro benzene ring substituents is 2. The highest BCUT2D eigenvalue weighted by Gasteiger charge is 2.40. The first kappa shape index (κ1) is 22.8. The topological polar surface area (TPSA) is 98.3 Å². The van der Waals surface area contributed by atoms with Gasteiger partial charge in [0.05, 0.1) is 36.7 Å². The van der Waals surface area contributed by atoms with E-state index in [1.54, 1.807) is 6.92 Å². The summed E-state index contributed by atoms with van der Waals surface area (Å²) in [5, 5.41) is 24.7. The molecule has 2 aromatic rings. The first-order valence-corrected chi connectivity index (χ1v) is 9.66. The molecule has 0 aliphatic rings. The van der Waals surface area contributed by atoms with Gasteiger partial charge >= 0.3 is 6.18 Å². The lowest BCUT2D eigenvalue weighted by atomic mass is 10.1. The van der Waals surface area contributed by atoms with Crippen molar-refractivity contribution in [2.75, 3.05) is 5.32 Å². The van der Waals surface area contributed by atoms with Crippen LogP contribution in [-0.4, -0.2) is 9.85 Å². The highest BCUT2D eigenvalue weighted by Crippen LogP contribution is 2.49. The van der Waals surface area contributed by atoms with Crippen LogP contribution in [0.1, 0.15) is 11.1 Å². The number of anilines is 2. The number of non-ortho nitro benzene ring substituents is 1. The maximum Gasteiger partial charge on any atom is 0.418 e. The van der Waals surface area contributed by atoms with Crippen LogP contribution in [0.25, 0.3) is 0 Å². The quantitative estimate of drug-likeness (QED) is 0.167. The third-order valence-electron chi connectivity index (χ3n) is 3.55. The molecule has 2 rings (SSSR count). The van der Waals surface area contributed by atoms with Crippen molar-refractivity contribution in [3.05, 3.63) is 61.9 Å². The van der Waals surface area contributed by atoms with E-state index >= 15 is 0 Å². The van der Waals surface area contributed by atoms with Crippen molar-refractivity contribution in [1.29, 1.82) is 0 Å². The fourth-order valence-corrected chi connectivity index (χ4v) is 4.62. The maximum atomic E-state index is 13.5. The summed E-state index contributed by atoms with van der Waals surface area (Å²) in [5.74, 6) is 0. The number of rotatable bonds is 4. The smallest absolute Gasteiger partial charge is 0.348 e. The molecule has 0 fully saturated rings. The third-order valence-corrected chi connectivity index (χ3v) is 7.16. The van der Waals surface area contributed by atoms with Crippen molar-refractivity contribution >= 4 is 82.1 Å². The van der Waals surface area contributed by atoms with Gasteiger partial charge in [-0.2, -0.15) is 13.2 Å². The van der Waals surface area contributed by atoms with E-state index in [0.29, 0.717) is 16.1 Å². The summed E-state index contributed by atoms with van der Waals surface area (Å²) in [6.45, 7) is 1.60. The van der Waals surface area contributed by atoms with Gasteiger partial charge in [0.1, 0.15) is 5.69 Å². The van der Waals surface area contributed by atoms with Crippen LogP contribution in [0.2, 0.25) is 5.02 Å². The molecule has 1 N–H and O–H groups in total. The minimum Gasteiger partial charge on any atom is -0.348 e. The Morgan fingerprint density at radius 1 is 1.00 bits per heavy atom. The molecule has 0 radical (unpaired) electrons. The SMILES string of the molecule is Cc1c(Br)c(Cl)c(Br)c(Nc2c([N+](=O)[O-])cc([N+](=O)[O-])cc2C(F)(F)F)c1Br. The molecule has 14 heteroatoms. The van der Waals surface area contributed by atoms with Crippen LogP contribution >= 0.6 is 59.4 Å². The van der Waals surface area contributed by atoms with Crippen LogP contribution in [0.15, 0.2) is 25.6 Å². The lowest BCUT2D eigenvalue weighted by molar-refractivity contribution is -0.394. The summed E-state index contributed by atoms with van der Waals surface area (Å²) in [4.78, 5) is 20.0. The molecule has 150 valence electrons. The molecule has 0 amide bonds. The highest BCUT2D eigenvalue weighted by molar-refractivity contribution is 9.11. The van der Waals surface area contributed by atoms with Crippen LogP contribution in [0, 0.1) is 27.2 Å². The van der Waals surface area contributed by atoms with Crippen molar-refractivity contribution in [3.63, 3.8) is 0 Å². The van der Waals surface area contributed by atoms with E-state index in [-0.39, 0.29) is 25.7 Å². The van der Waals surface area contributed by atoms with E-state index in [0.717, 1.165) is 0 Å². The number of nitrogens with zero attached hydrogens (tertiary/aromatic N) is 2. The zero-order valence-corrected chi connectivity index (χ0v) is 18.8. The Balaban J connectivity index is 2.87. The first-order valence-electron chi connectivity index (χ1n) is 6.91. The van der Waals surface area contributed by atoms with E-state index in [9.17, 15) is 33.4 Å². The molecule has 0 saturated carbocycles. The van der Waals surface area contributed by atoms with Gasteiger partial charge in [-0.3, -0.25) is 20.2 Å². The van der Waals surface area contributed by atoms with Gasteiger partial charge in [-0.05, 0) is 60.3 Å². The average Bonchev–Trinajstić information content (AvgIpc) is 2.60. The van der Waals surface area contributed by atoms with Crippen LogP contribution in [0.4, 0.5) is 35.9 Å². The van der Waals surface area contributed by atoms with Gasteiger partial charge in [0, 0.05) is 15.0 Å². The molecule has 28 heavy (non-hydrogen) atoms. The van der Waals surface area contributed by atoms with Crippen LogP contribution < -0.4 is 5.32 Å². The molecular weight excluding hydrogens is 606 g/mol. The number of hydrogen-bond acceptors (Lipinski definition) is 5. The summed E-state index contributed by atoms with van der Waals surface area (Å²) in [6.07, 6.45) is -5.10. The summed E-state index contributed by atoms with van der Waals surface area (Å²) >= 11 is 15.7. The maximum absolute atomic E-state index is 13.5. The first-order chi connectivity index (χ1) is 12.8. The number of nitro groups is 2. The van der Waals surface area contributed by atoms with Crippen molar-refractivity contribution in [2.45, 2.75) is 13.1 Å². The van der Waals surface area contributed by atoms with Gasteiger partial charge in [0.15, 0.2) is 0 Å². The normalized spacial score (nSPS) is 11.4. The molecule has 0 atom stereocenters. The van der Waals surface area contributed by atoms with Crippen molar-refractivity contribution in [1.82, 2.24) is 0 Å². The monoisotopic (exact) mass is 609 g/mol. The van der Waals surface area contributed by atoms with E-state index in [1.165, 1.54) is 0 Å². The Labute approximate surface area is 184 Å². The molecule has 0 spiro atoms. The summed E-state index contributed by atoms with van der Waals surface area (Å²) in [6, 6.07) is 0.678. The number of halogens is 7. The number of benzene rings is 2. The minimum absolute atomic E-state index is 0.0202. The molecule has 0 aliphatic carbocycles. The Morgan fingerprint density at radius 2 is 1.57 bits per heavy atom. The Morgan fingerprint density at radius 3 is 2.04 bits per heavy atom. The lowest BCUT2D eigenvalue weighted by Crippen LogP contribution is -2.12. The van der Waals surface area contributed by atoms with Crippen molar-refractivity contribution in [3.8, 4) is 0 Å². The largest absolute Gasteiger partial charge is 0.418 e. The van der Waals surface area contributed by atoms with Gasteiger partial charge in [0.25, 0.3) is 11.4 Å². The summed E-state index contributed by atoms with van der Waals surface area (Å²) in [5.41, 5.74) is -4.21. The second kappa shape index (κ2) is 8.13. The molecule has 0 saturated heterocycles. The fraction of sp³-hybridized carbons (Fsp3) is 0.143. The van der Waals surface area contributed by atoms with Crippen LogP contribution in [-0.2, 0) is 6.18 Å². The zero-order valence-electron chi connectivity index (χ0n) is 13.3. The minimum atomic E-state index is -5.10. The number of nitrogens with one attached hydrogen (secondary N) is 1. The summed E-state index contributed by atoms with van der Waals surface area (Å²) < 4.78 is 41.4. The number of alkyl halides is 3. The van der Waals surface area contributed by atoms with Crippen LogP contribution in [0.3, 0.4) is 0 Å². The van der Waals surface area contributed by atoms with Crippen LogP contribution in [0.5, 0.6) is 0 Å². The molecule has 0 aromatic heterocycles. The van der Waals surface area contributed by atoms with E-state index in [1.807, 2.05) is 0 Å². The van der Waals surface area contributed by atoms with Crippen molar-refractivity contribution in [2.24, 2.45) is 0 Å². The Bertz CT molecular complexity index is 989. The summed E-state index contributed by atoms with van der Waals surface area (Å²) in [7, 11) is 0. The lowest BCUT2D eigenvalue weighted by Gasteiger charge is -2.19. The zero-order chi connectivity index (χ0) is 21.5. The van der Waals surface area contributed by atoms with Crippen molar-refractivity contribution < 1.29 is 23.0 Å². The van der Waals surface area contributed by atoms with Gasteiger partial charge < -0.3 is 5.32 Å². The standard InChI is InChI=1S/C14H6Br3ClF3N3O4/c1-4-8(15)11(18)10(17)13(9(4)16)22-12-6(14(19,20)21)2-5(23(25)26)3-7(12)24(27)28/h2-3,22H,1H3. The molecular formula is C14H6Br3ClF3N3O4. The predicted molar refractivity (Wildman–Crippen MR) is 107 cm³/mol. The molecule has 2 aromatic carbocycles. The van der Waals surface area contributed by atoms with Gasteiger partial charge in [-0.15, -0.1) is 0 Å². The van der Waals surface area contributed by atoms with Gasteiger partial charge in [0.2, 0.25) is 0 Å². The van der Waals surface area contributed by atoms with E-state index < -0.39 is 38.6 Å². The molecule has 0 bridgehead atoms. The Hall–Kier alpha value is -1.44. The Kier molecular flexibility index (Phi) is 6.63. The second-order valence-corrected chi connectivity index (χ2v) is 8.04. The predicted octanol–water partition coefficient (Wildman–Crippen LogP) is 7.51. The second-order valence-electron chi connectivity index (χ2n) is 5.28. The van der Waals surface area contributed by atoms with E-state index in [2.05, 4.69) is 53.1 Å². The number of hydrogen-bond donors (Lipinski definition) is 1. The molecule has 0 aliphatic heterocycles. The third kappa shape index (κ3) is 4.26. The molecule has 7 nitrogen and oxygen atoms in total. The fourth-order valence-electron chi connectivity index (χ4n) is 2.20. The van der Waals surface area contributed by atoms with Gasteiger partial charge in [-0.25, -0.2) is 0 Å². The molecule has 0 unspecified atom stereocenters. The van der Waals surface area contributed by atoms with E-state index in [4.69, 9.17) is 11.6 Å². The highest BCUT2D eigenvalue weighted by atomic mass is 79.9. The average molecular weight is 612 g/mol. The molecule has 0 heterocycles. The van der Waals surface area contributed by atoms with Gasteiger partial charge in [-0.1, -0.05) is 11.6 Å².